The van der Waals surface area contributed by atoms with Gasteiger partial charge in [-0.15, -0.1) is 0 Å². The highest BCUT2D eigenvalue weighted by Gasteiger charge is 2.33. The number of aryl methyl sites for hydroxylation is 2. The first-order valence-electron chi connectivity index (χ1n) is 8.01. The first-order chi connectivity index (χ1) is 11.1. The van der Waals surface area contributed by atoms with Gasteiger partial charge in [-0.3, -0.25) is 9.59 Å². The van der Waals surface area contributed by atoms with Crippen LogP contribution in [0.25, 0.3) is 0 Å². The fourth-order valence-electron chi connectivity index (χ4n) is 2.59. The van der Waals surface area contributed by atoms with Crippen molar-refractivity contribution in [3.8, 4) is 0 Å². The lowest BCUT2D eigenvalue weighted by atomic mass is 10.1. The van der Waals surface area contributed by atoms with Crippen molar-refractivity contribution < 1.29 is 4.79 Å². The van der Waals surface area contributed by atoms with Gasteiger partial charge in [0.25, 0.3) is 11.5 Å². The molecule has 0 N–H and O–H groups in total. The Morgan fingerprint density at radius 2 is 1.83 bits per heavy atom. The molecule has 0 unspecified atom stereocenters. The first-order valence-corrected chi connectivity index (χ1v) is 8.01. The third kappa shape index (κ3) is 3.50. The van der Waals surface area contributed by atoms with Gasteiger partial charge in [0.2, 0.25) is 0 Å². The van der Waals surface area contributed by atoms with Crippen LogP contribution in [0.4, 0.5) is 0 Å². The number of carbonyl (C=O) groups excluding carboxylic acids is 1. The lowest BCUT2D eigenvalue weighted by Crippen LogP contribution is -2.34. The first kappa shape index (κ1) is 15.5. The number of benzene rings is 1. The van der Waals surface area contributed by atoms with Gasteiger partial charge in [0.05, 0.1) is 0 Å². The van der Waals surface area contributed by atoms with Crippen molar-refractivity contribution in [2.24, 2.45) is 7.05 Å². The Hall–Kier alpha value is -2.43. The van der Waals surface area contributed by atoms with Crippen LogP contribution in [0.5, 0.6) is 0 Å². The van der Waals surface area contributed by atoms with Gasteiger partial charge in [-0.2, -0.15) is 5.10 Å². The third-order valence-corrected chi connectivity index (χ3v) is 4.21. The van der Waals surface area contributed by atoms with Crippen molar-refractivity contribution in [2.45, 2.75) is 38.8 Å². The maximum absolute atomic E-state index is 12.8. The molecule has 1 aromatic heterocycles. The highest BCUT2D eigenvalue weighted by atomic mass is 16.2. The molecule has 120 valence electrons. The average molecular weight is 311 g/mol. The van der Waals surface area contributed by atoms with Crippen molar-refractivity contribution in [3.05, 3.63) is 63.6 Å². The summed E-state index contributed by atoms with van der Waals surface area (Å²) >= 11 is 0. The number of aromatic nitrogens is 2. The molecule has 0 atom stereocenters. The monoisotopic (exact) mass is 311 g/mol. The molecule has 1 amide bonds. The number of rotatable bonds is 5. The zero-order valence-corrected chi connectivity index (χ0v) is 13.5. The molecule has 0 spiro atoms. The minimum atomic E-state index is -0.213. The van der Waals surface area contributed by atoms with E-state index >= 15 is 0 Å². The number of amides is 1. The quantitative estimate of drug-likeness (QED) is 0.850. The minimum absolute atomic E-state index is 0.109. The fourth-order valence-corrected chi connectivity index (χ4v) is 2.59. The molecule has 1 aliphatic carbocycles. The lowest BCUT2D eigenvalue weighted by Gasteiger charge is -2.22. The van der Waals surface area contributed by atoms with Crippen LogP contribution in [-0.2, 0) is 20.0 Å². The lowest BCUT2D eigenvalue weighted by molar-refractivity contribution is 0.0721. The highest BCUT2D eigenvalue weighted by molar-refractivity contribution is 5.92. The van der Waals surface area contributed by atoms with E-state index in [1.165, 1.54) is 22.4 Å². The van der Waals surface area contributed by atoms with E-state index in [1.807, 2.05) is 4.90 Å². The van der Waals surface area contributed by atoms with E-state index < -0.39 is 0 Å². The summed E-state index contributed by atoms with van der Waals surface area (Å²) < 4.78 is 1.20. The van der Waals surface area contributed by atoms with E-state index in [0.717, 1.165) is 24.8 Å². The summed E-state index contributed by atoms with van der Waals surface area (Å²) in [5.41, 5.74) is 2.52. The number of carbonyl (C=O) groups is 1. The molecule has 0 radical (unpaired) electrons. The predicted molar refractivity (Wildman–Crippen MR) is 88.2 cm³/mol. The Balaban J connectivity index is 1.81. The number of hydrogen-bond donors (Lipinski definition) is 0. The van der Waals surface area contributed by atoms with Crippen molar-refractivity contribution in [3.63, 3.8) is 0 Å². The fraction of sp³-hybridized carbons (Fsp3) is 0.389. The highest BCUT2D eigenvalue weighted by Crippen LogP contribution is 2.29. The SMILES string of the molecule is CCc1ccc(CN(C(=O)c2ccc(=O)n(C)n2)C2CC2)cc1. The molecule has 3 rings (SSSR count). The van der Waals surface area contributed by atoms with Gasteiger partial charge in [0.1, 0.15) is 5.69 Å². The van der Waals surface area contributed by atoms with Crippen LogP contribution in [0, 0.1) is 0 Å². The van der Waals surface area contributed by atoms with E-state index in [2.05, 4.69) is 36.3 Å². The molecule has 0 saturated heterocycles. The Morgan fingerprint density at radius 3 is 2.39 bits per heavy atom. The smallest absolute Gasteiger partial charge is 0.274 e. The van der Waals surface area contributed by atoms with Crippen LogP contribution in [0.3, 0.4) is 0 Å². The Bertz CT molecular complexity index is 761. The summed E-state index contributed by atoms with van der Waals surface area (Å²) in [4.78, 5) is 26.1. The third-order valence-electron chi connectivity index (χ3n) is 4.21. The molecule has 2 aromatic rings. The predicted octanol–water partition coefficient (Wildman–Crippen LogP) is 2.15. The molecular formula is C18H21N3O2. The minimum Gasteiger partial charge on any atom is -0.330 e. The van der Waals surface area contributed by atoms with Crippen LogP contribution in [0.1, 0.15) is 41.4 Å². The Labute approximate surface area is 135 Å². The van der Waals surface area contributed by atoms with E-state index in [9.17, 15) is 9.59 Å². The number of nitrogens with zero attached hydrogens (tertiary/aromatic N) is 3. The van der Waals surface area contributed by atoms with Gasteiger partial charge in [0, 0.05) is 25.7 Å². The molecule has 1 fully saturated rings. The topological polar surface area (TPSA) is 55.2 Å². The molecule has 0 aliphatic heterocycles. The second-order valence-electron chi connectivity index (χ2n) is 6.01. The maximum Gasteiger partial charge on any atom is 0.274 e. The van der Waals surface area contributed by atoms with Crippen LogP contribution >= 0.6 is 0 Å². The molecule has 5 heteroatoms. The van der Waals surface area contributed by atoms with Gasteiger partial charge in [-0.1, -0.05) is 31.2 Å². The molecule has 1 heterocycles. The summed E-state index contributed by atoms with van der Waals surface area (Å²) in [5.74, 6) is -0.109. The van der Waals surface area contributed by atoms with Crippen LogP contribution < -0.4 is 5.56 Å². The molecular weight excluding hydrogens is 290 g/mol. The molecule has 0 bridgehead atoms. The Morgan fingerprint density at radius 1 is 1.17 bits per heavy atom. The van der Waals surface area contributed by atoms with Crippen LogP contribution in [-0.4, -0.2) is 26.6 Å². The van der Waals surface area contributed by atoms with E-state index in [4.69, 9.17) is 0 Å². The van der Waals surface area contributed by atoms with Crippen LogP contribution in [0.15, 0.2) is 41.2 Å². The van der Waals surface area contributed by atoms with Crippen molar-refractivity contribution in [2.75, 3.05) is 0 Å². The number of hydrogen-bond acceptors (Lipinski definition) is 3. The second-order valence-corrected chi connectivity index (χ2v) is 6.01. The normalized spacial score (nSPS) is 13.8. The summed E-state index contributed by atoms with van der Waals surface area (Å²) in [6, 6.07) is 11.6. The molecule has 1 saturated carbocycles. The molecule has 5 nitrogen and oxygen atoms in total. The largest absolute Gasteiger partial charge is 0.330 e. The zero-order chi connectivity index (χ0) is 16.4. The van der Waals surface area contributed by atoms with E-state index in [-0.39, 0.29) is 17.5 Å². The van der Waals surface area contributed by atoms with Crippen molar-refractivity contribution in [1.82, 2.24) is 14.7 Å². The van der Waals surface area contributed by atoms with Gasteiger partial charge in [-0.25, -0.2) is 4.68 Å². The summed E-state index contributed by atoms with van der Waals surface area (Å²) in [6.45, 7) is 2.71. The van der Waals surface area contributed by atoms with Gasteiger partial charge in [0.15, 0.2) is 0 Å². The maximum atomic E-state index is 12.8. The van der Waals surface area contributed by atoms with Crippen LogP contribution in [0.2, 0.25) is 0 Å². The van der Waals surface area contributed by atoms with Gasteiger partial charge in [-0.05, 0) is 36.5 Å². The summed E-state index contributed by atoms with van der Waals surface area (Å²) in [5, 5.41) is 4.09. The molecule has 1 aromatic carbocycles. The summed E-state index contributed by atoms with van der Waals surface area (Å²) in [6.07, 6.45) is 3.07. The molecule has 1 aliphatic rings. The second kappa shape index (κ2) is 6.36. The van der Waals surface area contributed by atoms with Crippen molar-refractivity contribution in [1.29, 1.82) is 0 Å². The standard InChI is InChI=1S/C18H21N3O2/c1-3-13-4-6-14(7-5-13)12-21(15-8-9-15)18(23)16-10-11-17(22)20(2)19-16/h4-7,10-11,15H,3,8-9,12H2,1-2H3. The summed E-state index contributed by atoms with van der Waals surface area (Å²) in [7, 11) is 1.56. The Kier molecular flexibility index (Phi) is 4.28. The van der Waals surface area contributed by atoms with E-state index in [1.54, 1.807) is 7.05 Å². The zero-order valence-electron chi connectivity index (χ0n) is 13.5. The van der Waals surface area contributed by atoms with E-state index in [0.29, 0.717) is 12.2 Å². The van der Waals surface area contributed by atoms with Crippen molar-refractivity contribution >= 4 is 5.91 Å². The average Bonchev–Trinajstić information content (AvgIpc) is 3.40. The molecule has 23 heavy (non-hydrogen) atoms. The van der Waals surface area contributed by atoms with Gasteiger partial charge >= 0.3 is 0 Å². The van der Waals surface area contributed by atoms with Gasteiger partial charge < -0.3 is 4.90 Å².